The summed E-state index contributed by atoms with van der Waals surface area (Å²) in [7, 11) is 0. The minimum absolute atomic E-state index is 0.142. The van der Waals surface area contributed by atoms with Crippen molar-refractivity contribution >= 4 is 17.5 Å². The molecule has 1 N–H and O–H groups in total. The number of carbonyl (C=O) groups excluding carboxylic acids is 1. The van der Waals surface area contributed by atoms with Gasteiger partial charge in [-0.05, 0) is 23.3 Å². The molecule has 4 heteroatoms. The third-order valence-corrected chi connectivity index (χ3v) is 2.56. The molecule has 0 bridgehead atoms. The molecule has 3 nitrogen and oxygen atoms in total. The second-order valence-corrected chi connectivity index (χ2v) is 4.21. The van der Waals surface area contributed by atoms with Crippen molar-refractivity contribution in [2.75, 3.05) is 6.54 Å². The maximum absolute atomic E-state index is 11.7. The van der Waals surface area contributed by atoms with E-state index in [1.54, 1.807) is 6.07 Å². The molecule has 16 heavy (non-hydrogen) atoms. The first-order valence-electron chi connectivity index (χ1n) is 4.98. The lowest BCUT2D eigenvalue weighted by Gasteiger charge is -2.05. The van der Waals surface area contributed by atoms with E-state index in [9.17, 15) is 4.79 Å². The fraction of sp³-hybridized carbons (Fsp3) is 0.250. The number of amides is 1. The van der Waals surface area contributed by atoms with Crippen LogP contribution in [0.4, 0.5) is 0 Å². The van der Waals surface area contributed by atoms with Crippen LogP contribution in [0.1, 0.15) is 21.5 Å². The van der Waals surface area contributed by atoms with Crippen molar-refractivity contribution in [3.05, 3.63) is 46.5 Å². The Morgan fingerprint density at radius 2 is 2.19 bits per heavy atom. The molecule has 0 aromatic heterocycles. The number of hydrogen-bond acceptors (Lipinski definition) is 2. The average molecular weight is 238 g/mol. The molecule has 0 aliphatic carbocycles. The minimum atomic E-state index is -0.142. The van der Waals surface area contributed by atoms with Crippen molar-refractivity contribution in [1.29, 1.82) is 0 Å². The molecule has 1 amide bonds. The fourth-order valence-electron chi connectivity index (χ4n) is 1.59. The van der Waals surface area contributed by atoms with E-state index in [-0.39, 0.29) is 12.5 Å². The summed E-state index contributed by atoms with van der Waals surface area (Å²) < 4.78 is 5.28. The van der Waals surface area contributed by atoms with E-state index in [2.05, 4.69) is 11.9 Å². The van der Waals surface area contributed by atoms with Gasteiger partial charge in [0.05, 0.1) is 19.8 Å². The summed E-state index contributed by atoms with van der Waals surface area (Å²) in [6.45, 7) is 5.01. The van der Waals surface area contributed by atoms with Gasteiger partial charge in [0.2, 0.25) is 0 Å². The van der Waals surface area contributed by atoms with Gasteiger partial charge in [-0.25, -0.2) is 0 Å². The Morgan fingerprint density at radius 1 is 1.44 bits per heavy atom. The van der Waals surface area contributed by atoms with E-state index in [0.29, 0.717) is 23.8 Å². The van der Waals surface area contributed by atoms with Gasteiger partial charge in [-0.2, -0.15) is 0 Å². The molecule has 0 saturated carbocycles. The zero-order chi connectivity index (χ0) is 11.5. The molecule has 1 aromatic carbocycles. The first-order valence-corrected chi connectivity index (χ1v) is 5.35. The molecule has 2 rings (SSSR count). The van der Waals surface area contributed by atoms with Crippen LogP contribution >= 0.6 is 11.6 Å². The highest BCUT2D eigenvalue weighted by Gasteiger charge is 2.13. The Morgan fingerprint density at radius 3 is 2.94 bits per heavy atom. The standard InChI is InChI=1S/C12H12ClNO2/c1-8(13)5-14-12(15)9-2-3-10-6-16-7-11(10)4-9/h2-4H,1,5-7H2,(H,14,15). The normalized spacial score (nSPS) is 13.3. The number of nitrogens with one attached hydrogen (secondary N) is 1. The molecule has 1 heterocycles. The predicted molar refractivity (Wildman–Crippen MR) is 62.3 cm³/mol. The van der Waals surface area contributed by atoms with E-state index in [4.69, 9.17) is 16.3 Å². The van der Waals surface area contributed by atoms with E-state index in [1.807, 2.05) is 12.1 Å². The fourth-order valence-corrected chi connectivity index (χ4v) is 1.66. The largest absolute Gasteiger partial charge is 0.372 e. The van der Waals surface area contributed by atoms with E-state index in [0.717, 1.165) is 11.1 Å². The number of halogens is 1. The predicted octanol–water partition coefficient (Wildman–Crippen LogP) is 2.20. The van der Waals surface area contributed by atoms with Crippen molar-refractivity contribution in [1.82, 2.24) is 5.32 Å². The molecular formula is C12H12ClNO2. The maximum Gasteiger partial charge on any atom is 0.251 e. The number of fused-ring (bicyclic) bond motifs is 1. The van der Waals surface area contributed by atoms with Gasteiger partial charge in [0.1, 0.15) is 0 Å². The first-order chi connectivity index (χ1) is 7.66. The molecular weight excluding hydrogens is 226 g/mol. The number of carbonyl (C=O) groups is 1. The van der Waals surface area contributed by atoms with Crippen molar-refractivity contribution in [2.24, 2.45) is 0 Å². The molecule has 84 valence electrons. The van der Waals surface area contributed by atoms with Crippen LogP contribution in [0, 0.1) is 0 Å². The number of benzene rings is 1. The lowest BCUT2D eigenvalue weighted by atomic mass is 10.1. The second-order valence-electron chi connectivity index (χ2n) is 3.68. The van der Waals surface area contributed by atoms with Crippen LogP contribution in [0.3, 0.4) is 0 Å². The maximum atomic E-state index is 11.7. The highest BCUT2D eigenvalue weighted by Crippen LogP contribution is 2.20. The quantitative estimate of drug-likeness (QED) is 0.875. The highest BCUT2D eigenvalue weighted by molar-refractivity contribution is 6.29. The minimum Gasteiger partial charge on any atom is -0.372 e. The van der Waals surface area contributed by atoms with Crippen LogP contribution in [0.2, 0.25) is 0 Å². The molecule has 0 spiro atoms. The SMILES string of the molecule is C=C(Cl)CNC(=O)c1ccc2c(c1)COC2. The second kappa shape index (κ2) is 4.68. The van der Waals surface area contributed by atoms with E-state index < -0.39 is 0 Å². The summed E-state index contributed by atoms with van der Waals surface area (Å²) >= 11 is 5.57. The van der Waals surface area contributed by atoms with Crippen LogP contribution in [-0.4, -0.2) is 12.5 Å². The van der Waals surface area contributed by atoms with Crippen molar-refractivity contribution in [3.63, 3.8) is 0 Å². The van der Waals surface area contributed by atoms with Gasteiger partial charge in [0.15, 0.2) is 0 Å². The molecule has 1 aliphatic rings. The summed E-state index contributed by atoms with van der Waals surface area (Å²) in [4.78, 5) is 11.7. The molecule has 0 saturated heterocycles. The van der Waals surface area contributed by atoms with Crippen molar-refractivity contribution < 1.29 is 9.53 Å². The summed E-state index contributed by atoms with van der Waals surface area (Å²) in [5, 5.41) is 3.09. The zero-order valence-corrected chi connectivity index (χ0v) is 9.51. The first kappa shape index (κ1) is 11.2. The van der Waals surface area contributed by atoms with Gasteiger partial charge in [0, 0.05) is 10.6 Å². The van der Waals surface area contributed by atoms with Gasteiger partial charge in [-0.15, -0.1) is 0 Å². The lowest BCUT2D eigenvalue weighted by Crippen LogP contribution is -2.24. The Kier molecular flexibility index (Phi) is 3.27. The number of rotatable bonds is 3. The van der Waals surface area contributed by atoms with Crippen LogP contribution in [0.15, 0.2) is 29.8 Å². The summed E-state index contributed by atoms with van der Waals surface area (Å²) in [6.07, 6.45) is 0. The average Bonchev–Trinajstić information content (AvgIpc) is 2.72. The van der Waals surface area contributed by atoms with Gasteiger partial charge >= 0.3 is 0 Å². The van der Waals surface area contributed by atoms with E-state index >= 15 is 0 Å². The Labute approximate surface area is 99.1 Å². The van der Waals surface area contributed by atoms with Gasteiger partial charge in [-0.3, -0.25) is 4.79 Å². The van der Waals surface area contributed by atoms with Crippen molar-refractivity contribution in [3.8, 4) is 0 Å². The molecule has 0 fully saturated rings. The lowest BCUT2D eigenvalue weighted by molar-refractivity contribution is 0.0957. The summed E-state index contributed by atoms with van der Waals surface area (Å²) in [6, 6.07) is 5.57. The topological polar surface area (TPSA) is 38.3 Å². The van der Waals surface area contributed by atoms with Gasteiger partial charge < -0.3 is 10.1 Å². The third kappa shape index (κ3) is 2.43. The van der Waals surface area contributed by atoms with Crippen LogP contribution in [-0.2, 0) is 18.0 Å². The third-order valence-electron chi connectivity index (χ3n) is 2.42. The monoisotopic (exact) mass is 237 g/mol. The van der Waals surface area contributed by atoms with Crippen molar-refractivity contribution in [2.45, 2.75) is 13.2 Å². The van der Waals surface area contributed by atoms with Crippen LogP contribution in [0.25, 0.3) is 0 Å². The Hall–Kier alpha value is -1.32. The molecule has 0 atom stereocenters. The Balaban J connectivity index is 2.09. The van der Waals surface area contributed by atoms with Gasteiger partial charge in [-0.1, -0.05) is 24.2 Å². The van der Waals surface area contributed by atoms with Gasteiger partial charge in [0.25, 0.3) is 5.91 Å². The Bertz CT molecular complexity index is 443. The van der Waals surface area contributed by atoms with Crippen LogP contribution in [0.5, 0.6) is 0 Å². The smallest absolute Gasteiger partial charge is 0.251 e. The molecule has 0 radical (unpaired) electrons. The summed E-state index contributed by atoms with van der Waals surface area (Å²) in [5.74, 6) is -0.142. The number of ether oxygens (including phenoxy) is 1. The summed E-state index contributed by atoms with van der Waals surface area (Å²) in [5.41, 5.74) is 2.86. The molecule has 1 aromatic rings. The van der Waals surface area contributed by atoms with E-state index in [1.165, 1.54) is 0 Å². The molecule has 0 unspecified atom stereocenters. The highest BCUT2D eigenvalue weighted by atomic mass is 35.5. The van der Waals surface area contributed by atoms with Crippen LogP contribution < -0.4 is 5.32 Å². The molecule has 1 aliphatic heterocycles. The number of hydrogen-bond donors (Lipinski definition) is 1. The zero-order valence-electron chi connectivity index (χ0n) is 8.75.